The van der Waals surface area contributed by atoms with Crippen molar-refractivity contribution in [1.82, 2.24) is 0 Å². The second-order valence-corrected chi connectivity index (χ2v) is 5.87. The first-order valence-electron chi connectivity index (χ1n) is 6.52. The standard InChI is InChI=1S/C16H17BrN2S/c1-3-12-10-13(17)8-9-15(12)19-16(20)18-14-7-5-4-6-11(14)2/h4-10H,3H2,1-2H3,(H2,18,19,20). The Kier molecular flexibility index (Phi) is 5.15. The van der Waals surface area contributed by atoms with Crippen LogP contribution in [0.2, 0.25) is 0 Å². The van der Waals surface area contributed by atoms with Gasteiger partial charge in [0, 0.05) is 15.8 Å². The SMILES string of the molecule is CCc1cc(Br)ccc1NC(=S)Nc1ccccc1C. The van der Waals surface area contributed by atoms with E-state index in [1.54, 1.807) is 0 Å². The molecule has 0 aliphatic heterocycles. The Labute approximate surface area is 133 Å². The summed E-state index contributed by atoms with van der Waals surface area (Å²) in [7, 11) is 0. The normalized spacial score (nSPS) is 10.2. The van der Waals surface area contributed by atoms with Gasteiger partial charge in [-0.1, -0.05) is 41.1 Å². The first-order chi connectivity index (χ1) is 9.60. The molecule has 2 aromatic rings. The second kappa shape index (κ2) is 6.86. The first kappa shape index (κ1) is 15.0. The number of benzene rings is 2. The van der Waals surface area contributed by atoms with Gasteiger partial charge in [0.25, 0.3) is 0 Å². The Balaban J connectivity index is 2.11. The topological polar surface area (TPSA) is 24.1 Å². The van der Waals surface area contributed by atoms with Crippen molar-refractivity contribution in [3.8, 4) is 0 Å². The average Bonchev–Trinajstić information content (AvgIpc) is 2.43. The molecule has 0 radical (unpaired) electrons. The molecule has 0 amide bonds. The molecule has 0 bridgehead atoms. The lowest BCUT2D eigenvalue weighted by molar-refractivity contribution is 1.14. The van der Waals surface area contributed by atoms with Crippen LogP contribution in [0.1, 0.15) is 18.1 Å². The van der Waals surface area contributed by atoms with Crippen molar-refractivity contribution in [2.24, 2.45) is 0 Å². The molecule has 0 atom stereocenters. The summed E-state index contributed by atoms with van der Waals surface area (Å²) in [6.45, 7) is 4.19. The van der Waals surface area contributed by atoms with E-state index in [1.165, 1.54) is 11.1 Å². The Morgan fingerprint density at radius 1 is 1.10 bits per heavy atom. The molecule has 0 aliphatic carbocycles. The molecule has 0 saturated carbocycles. The van der Waals surface area contributed by atoms with E-state index in [0.29, 0.717) is 5.11 Å². The summed E-state index contributed by atoms with van der Waals surface area (Å²) in [5.74, 6) is 0. The van der Waals surface area contributed by atoms with Gasteiger partial charge in [-0.25, -0.2) is 0 Å². The predicted octanol–water partition coefficient (Wildman–Crippen LogP) is 5.13. The number of aryl methyl sites for hydroxylation is 2. The molecule has 0 unspecified atom stereocenters. The number of hydrogen-bond donors (Lipinski definition) is 2. The van der Waals surface area contributed by atoms with Crippen LogP contribution < -0.4 is 10.6 Å². The summed E-state index contributed by atoms with van der Waals surface area (Å²) in [5, 5.41) is 7.10. The van der Waals surface area contributed by atoms with Crippen molar-refractivity contribution in [2.75, 3.05) is 10.6 Å². The number of rotatable bonds is 3. The highest BCUT2D eigenvalue weighted by atomic mass is 79.9. The van der Waals surface area contributed by atoms with Crippen LogP contribution in [0.15, 0.2) is 46.9 Å². The van der Waals surface area contributed by atoms with Gasteiger partial charge >= 0.3 is 0 Å². The van der Waals surface area contributed by atoms with Gasteiger partial charge in [-0.05, 0) is 61.0 Å². The van der Waals surface area contributed by atoms with E-state index in [4.69, 9.17) is 12.2 Å². The smallest absolute Gasteiger partial charge is 0.175 e. The maximum absolute atomic E-state index is 5.38. The number of halogens is 1. The monoisotopic (exact) mass is 348 g/mol. The number of thiocarbonyl (C=S) groups is 1. The van der Waals surface area contributed by atoms with Gasteiger partial charge in [0.1, 0.15) is 0 Å². The fourth-order valence-electron chi connectivity index (χ4n) is 1.97. The van der Waals surface area contributed by atoms with E-state index in [9.17, 15) is 0 Å². The van der Waals surface area contributed by atoms with Gasteiger partial charge < -0.3 is 10.6 Å². The van der Waals surface area contributed by atoms with Crippen LogP contribution in [-0.2, 0) is 6.42 Å². The highest BCUT2D eigenvalue weighted by molar-refractivity contribution is 9.10. The minimum atomic E-state index is 0.608. The van der Waals surface area contributed by atoms with E-state index in [2.05, 4.69) is 52.5 Å². The highest BCUT2D eigenvalue weighted by Gasteiger charge is 2.05. The lowest BCUT2D eigenvalue weighted by atomic mass is 10.1. The van der Waals surface area contributed by atoms with E-state index in [0.717, 1.165) is 22.3 Å². The molecule has 0 aliphatic rings. The van der Waals surface area contributed by atoms with Gasteiger partial charge in [0.05, 0.1) is 0 Å². The zero-order valence-electron chi connectivity index (χ0n) is 11.5. The molecule has 0 spiro atoms. The number of hydrogen-bond acceptors (Lipinski definition) is 1. The molecule has 2 aromatic carbocycles. The largest absolute Gasteiger partial charge is 0.332 e. The molecular weight excluding hydrogens is 332 g/mol. The van der Waals surface area contributed by atoms with Crippen LogP contribution in [0.4, 0.5) is 11.4 Å². The van der Waals surface area contributed by atoms with Crippen molar-refractivity contribution in [2.45, 2.75) is 20.3 Å². The quantitative estimate of drug-likeness (QED) is 0.752. The lowest BCUT2D eigenvalue weighted by Crippen LogP contribution is -2.20. The highest BCUT2D eigenvalue weighted by Crippen LogP contribution is 2.22. The molecule has 104 valence electrons. The molecule has 4 heteroatoms. The minimum Gasteiger partial charge on any atom is -0.332 e. The number of para-hydroxylation sites is 1. The maximum atomic E-state index is 5.38. The molecule has 0 saturated heterocycles. The maximum Gasteiger partial charge on any atom is 0.175 e. The van der Waals surface area contributed by atoms with Crippen LogP contribution in [0, 0.1) is 6.92 Å². The Hall–Kier alpha value is -1.39. The summed E-state index contributed by atoms with van der Waals surface area (Å²) < 4.78 is 1.08. The van der Waals surface area contributed by atoms with E-state index in [-0.39, 0.29) is 0 Å². The molecular formula is C16H17BrN2S. The average molecular weight is 349 g/mol. The fourth-order valence-corrected chi connectivity index (χ4v) is 2.59. The van der Waals surface area contributed by atoms with Gasteiger partial charge in [-0.15, -0.1) is 0 Å². The summed E-state index contributed by atoms with van der Waals surface area (Å²) >= 11 is 8.87. The minimum absolute atomic E-state index is 0.608. The van der Waals surface area contributed by atoms with Crippen LogP contribution in [0.5, 0.6) is 0 Å². The lowest BCUT2D eigenvalue weighted by Gasteiger charge is -2.15. The third-order valence-corrected chi connectivity index (χ3v) is 3.79. The number of nitrogens with one attached hydrogen (secondary N) is 2. The van der Waals surface area contributed by atoms with Gasteiger partial charge in [0.15, 0.2) is 5.11 Å². The molecule has 20 heavy (non-hydrogen) atoms. The van der Waals surface area contributed by atoms with Crippen molar-refractivity contribution >= 4 is 44.6 Å². The molecule has 0 fully saturated rings. The van der Waals surface area contributed by atoms with Crippen molar-refractivity contribution in [1.29, 1.82) is 0 Å². The first-order valence-corrected chi connectivity index (χ1v) is 7.72. The molecule has 0 aromatic heterocycles. The number of anilines is 2. The van der Waals surface area contributed by atoms with Crippen molar-refractivity contribution in [3.05, 3.63) is 58.1 Å². The molecule has 0 heterocycles. The third-order valence-electron chi connectivity index (χ3n) is 3.09. The van der Waals surface area contributed by atoms with Crippen LogP contribution >= 0.6 is 28.1 Å². The molecule has 2 rings (SSSR count). The Morgan fingerprint density at radius 2 is 1.80 bits per heavy atom. The Morgan fingerprint density at radius 3 is 2.50 bits per heavy atom. The van der Waals surface area contributed by atoms with Crippen molar-refractivity contribution < 1.29 is 0 Å². The molecule has 2 N–H and O–H groups in total. The van der Waals surface area contributed by atoms with Crippen LogP contribution in [0.25, 0.3) is 0 Å². The Bertz CT molecular complexity index is 626. The third kappa shape index (κ3) is 3.81. The zero-order valence-corrected chi connectivity index (χ0v) is 13.9. The summed E-state index contributed by atoms with van der Waals surface area (Å²) in [6, 6.07) is 14.2. The summed E-state index contributed by atoms with van der Waals surface area (Å²) in [4.78, 5) is 0. The van der Waals surface area contributed by atoms with Gasteiger partial charge in [0.2, 0.25) is 0 Å². The summed E-state index contributed by atoms with van der Waals surface area (Å²) in [5.41, 5.74) is 4.47. The van der Waals surface area contributed by atoms with Gasteiger partial charge in [-0.3, -0.25) is 0 Å². The predicted molar refractivity (Wildman–Crippen MR) is 94.5 cm³/mol. The molecule has 2 nitrogen and oxygen atoms in total. The van der Waals surface area contributed by atoms with E-state index in [1.807, 2.05) is 30.3 Å². The van der Waals surface area contributed by atoms with Gasteiger partial charge in [-0.2, -0.15) is 0 Å². The second-order valence-electron chi connectivity index (χ2n) is 4.55. The van der Waals surface area contributed by atoms with Crippen molar-refractivity contribution in [3.63, 3.8) is 0 Å². The van der Waals surface area contributed by atoms with Crippen LogP contribution in [0.3, 0.4) is 0 Å². The fraction of sp³-hybridized carbons (Fsp3) is 0.188. The summed E-state index contributed by atoms with van der Waals surface area (Å²) in [6.07, 6.45) is 0.953. The van der Waals surface area contributed by atoms with E-state index >= 15 is 0 Å². The van der Waals surface area contributed by atoms with E-state index < -0.39 is 0 Å². The van der Waals surface area contributed by atoms with Crippen LogP contribution in [-0.4, -0.2) is 5.11 Å². The zero-order chi connectivity index (χ0) is 14.5.